The highest BCUT2D eigenvalue weighted by Crippen LogP contribution is 2.30. The van der Waals surface area contributed by atoms with Gasteiger partial charge in [0.15, 0.2) is 6.23 Å². The molecule has 0 bridgehead atoms. The van der Waals surface area contributed by atoms with Gasteiger partial charge in [0.2, 0.25) is 0 Å². The number of anilines is 2. The number of aliphatic hydroxyl groups is 1. The monoisotopic (exact) mass is 238 g/mol. The summed E-state index contributed by atoms with van der Waals surface area (Å²) >= 11 is 0. The summed E-state index contributed by atoms with van der Waals surface area (Å²) in [6, 6.07) is -0.420. The first-order valence-corrected chi connectivity index (χ1v) is 5.21. The first-order chi connectivity index (χ1) is 8.15. The first-order valence-electron chi connectivity index (χ1n) is 5.21. The molecule has 1 aromatic heterocycles. The Bertz CT molecular complexity index is 437. The van der Waals surface area contributed by atoms with Crippen LogP contribution in [0.2, 0.25) is 0 Å². The molecule has 1 atom stereocenters. The molecule has 6 N–H and O–H groups in total. The number of rotatable bonds is 3. The molecule has 17 heavy (non-hydrogen) atoms. The Balaban J connectivity index is 2.40. The Labute approximate surface area is 97.6 Å². The van der Waals surface area contributed by atoms with Crippen LogP contribution in [0.4, 0.5) is 16.4 Å². The molecule has 0 saturated heterocycles. The zero-order valence-electron chi connectivity index (χ0n) is 9.13. The number of aromatic nitrogens is 2. The van der Waals surface area contributed by atoms with Gasteiger partial charge in [-0.2, -0.15) is 0 Å². The quantitative estimate of drug-likeness (QED) is 0.530. The highest BCUT2D eigenvalue weighted by Gasteiger charge is 2.32. The molecule has 8 heteroatoms. The van der Waals surface area contributed by atoms with E-state index in [0.717, 1.165) is 0 Å². The van der Waals surface area contributed by atoms with Crippen LogP contribution in [-0.2, 0) is 0 Å². The fourth-order valence-electron chi connectivity index (χ4n) is 1.70. The summed E-state index contributed by atoms with van der Waals surface area (Å²) in [4.78, 5) is 20.9. The largest absolute Gasteiger partial charge is 0.383 e. The normalized spacial score (nSPS) is 18.8. The lowest BCUT2D eigenvalue weighted by Gasteiger charge is -2.31. The number of amides is 2. The Morgan fingerprint density at radius 3 is 3.00 bits per heavy atom. The van der Waals surface area contributed by atoms with E-state index in [-0.39, 0.29) is 5.82 Å². The number of hydrogen-bond donors (Lipinski definition) is 4. The minimum absolute atomic E-state index is 0.153. The molecule has 0 saturated carbocycles. The molecule has 1 aromatic rings. The van der Waals surface area contributed by atoms with Gasteiger partial charge in [0.1, 0.15) is 18.0 Å². The zero-order chi connectivity index (χ0) is 12.4. The van der Waals surface area contributed by atoms with Crippen LogP contribution in [0.25, 0.3) is 0 Å². The maximum Gasteiger partial charge on any atom is 0.325 e. The van der Waals surface area contributed by atoms with Crippen molar-refractivity contribution in [2.24, 2.45) is 5.73 Å². The van der Waals surface area contributed by atoms with E-state index in [1.807, 2.05) is 0 Å². The summed E-state index contributed by atoms with van der Waals surface area (Å²) in [5.41, 5.74) is 11.4. The SMILES string of the molecule is NCCCN1C(=O)NC(O)c2c(N)ncnc21. The van der Waals surface area contributed by atoms with Gasteiger partial charge < -0.3 is 21.9 Å². The van der Waals surface area contributed by atoms with E-state index in [9.17, 15) is 9.90 Å². The predicted molar refractivity (Wildman–Crippen MR) is 61.0 cm³/mol. The van der Waals surface area contributed by atoms with Crippen molar-refractivity contribution in [1.82, 2.24) is 15.3 Å². The van der Waals surface area contributed by atoms with Gasteiger partial charge in [0, 0.05) is 6.54 Å². The second kappa shape index (κ2) is 4.52. The molecule has 0 fully saturated rings. The van der Waals surface area contributed by atoms with Crippen LogP contribution >= 0.6 is 0 Å². The summed E-state index contributed by atoms with van der Waals surface area (Å²) in [5.74, 6) is 0.488. The number of nitrogens with two attached hydrogens (primary N) is 2. The number of fused-ring (bicyclic) bond motifs is 1. The molecule has 92 valence electrons. The first kappa shape index (κ1) is 11.6. The fraction of sp³-hybridized carbons (Fsp3) is 0.444. The Kier molecular flexibility index (Phi) is 3.07. The minimum Gasteiger partial charge on any atom is -0.383 e. The van der Waals surface area contributed by atoms with Crippen molar-refractivity contribution >= 4 is 17.7 Å². The number of carbonyl (C=O) groups excluding carboxylic acids is 1. The van der Waals surface area contributed by atoms with Crippen molar-refractivity contribution in [1.29, 1.82) is 0 Å². The van der Waals surface area contributed by atoms with Crippen LogP contribution in [-0.4, -0.2) is 34.2 Å². The third-order valence-corrected chi connectivity index (χ3v) is 2.51. The minimum atomic E-state index is -1.17. The highest BCUT2D eigenvalue weighted by atomic mass is 16.3. The van der Waals surface area contributed by atoms with Gasteiger partial charge in [-0.1, -0.05) is 0 Å². The average molecular weight is 238 g/mol. The summed E-state index contributed by atoms with van der Waals surface area (Å²) in [7, 11) is 0. The summed E-state index contributed by atoms with van der Waals surface area (Å²) in [6.07, 6.45) is 0.717. The van der Waals surface area contributed by atoms with E-state index in [2.05, 4.69) is 15.3 Å². The van der Waals surface area contributed by atoms with Crippen LogP contribution in [0.1, 0.15) is 18.2 Å². The Morgan fingerprint density at radius 1 is 1.53 bits per heavy atom. The zero-order valence-corrected chi connectivity index (χ0v) is 9.13. The van der Waals surface area contributed by atoms with Gasteiger partial charge in [0.05, 0.1) is 5.56 Å². The third-order valence-electron chi connectivity index (χ3n) is 2.51. The van der Waals surface area contributed by atoms with Crippen molar-refractivity contribution in [3.05, 3.63) is 11.9 Å². The van der Waals surface area contributed by atoms with Gasteiger partial charge >= 0.3 is 6.03 Å². The molecule has 1 unspecified atom stereocenters. The lowest BCUT2D eigenvalue weighted by molar-refractivity contribution is 0.140. The van der Waals surface area contributed by atoms with Crippen LogP contribution in [0, 0.1) is 0 Å². The third kappa shape index (κ3) is 1.99. The molecule has 0 radical (unpaired) electrons. The molecule has 0 spiro atoms. The predicted octanol–water partition coefficient (Wildman–Crippen LogP) is -1.07. The van der Waals surface area contributed by atoms with Gasteiger partial charge in [-0.15, -0.1) is 0 Å². The van der Waals surface area contributed by atoms with Crippen LogP contribution < -0.4 is 21.7 Å². The Hall–Kier alpha value is -1.93. The van der Waals surface area contributed by atoms with Crippen molar-refractivity contribution < 1.29 is 9.90 Å². The van der Waals surface area contributed by atoms with Gasteiger partial charge in [0.25, 0.3) is 0 Å². The average Bonchev–Trinajstić information content (AvgIpc) is 2.28. The summed E-state index contributed by atoms with van der Waals surface area (Å²) < 4.78 is 0. The van der Waals surface area contributed by atoms with Crippen molar-refractivity contribution in [2.45, 2.75) is 12.6 Å². The lowest BCUT2D eigenvalue weighted by Crippen LogP contribution is -2.48. The number of hydrogen-bond acceptors (Lipinski definition) is 6. The van der Waals surface area contributed by atoms with Crippen LogP contribution in [0.5, 0.6) is 0 Å². The number of nitrogens with one attached hydrogen (secondary N) is 1. The molecule has 0 aromatic carbocycles. The summed E-state index contributed by atoms with van der Waals surface area (Å²) in [5, 5.41) is 12.1. The smallest absolute Gasteiger partial charge is 0.325 e. The molecular weight excluding hydrogens is 224 g/mol. The standard InChI is InChI=1S/C9H14N6O2/c10-2-1-3-15-7-5(6(11)12-4-13-7)8(16)14-9(15)17/h4,8,16H,1-3,10H2,(H,14,17)(H2,11,12,13). The second-order valence-electron chi connectivity index (χ2n) is 3.64. The second-order valence-corrected chi connectivity index (χ2v) is 3.64. The molecule has 2 heterocycles. The molecule has 1 aliphatic heterocycles. The van der Waals surface area contributed by atoms with Crippen molar-refractivity contribution in [2.75, 3.05) is 23.7 Å². The number of nitrogens with zero attached hydrogens (tertiary/aromatic N) is 3. The number of urea groups is 1. The molecule has 2 amide bonds. The fourth-order valence-corrected chi connectivity index (χ4v) is 1.70. The van der Waals surface area contributed by atoms with E-state index >= 15 is 0 Å². The molecular formula is C9H14N6O2. The van der Waals surface area contributed by atoms with Gasteiger partial charge in [-0.05, 0) is 13.0 Å². The topological polar surface area (TPSA) is 130 Å². The lowest BCUT2D eigenvalue weighted by atomic mass is 10.2. The maximum atomic E-state index is 11.7. The molecule has 2 rings (SSSR count). The molecule has 8 nitrogen and oxygen atoms in total. The van der Waals surface area contributed by atoms with Crippen molar-refractivity contribution in [3.8, 4) is 0 Å². The Morgan fingerprint density at radius 2 is 2.29 bits per heavy atom. The number of aliphatic hydroxyl groups excluding tert-OH is 1. The van der Waals surface area contributed by atoms with E-state index in [0.29, 0.717) is 30.9 Å². The summed E-state index contributed by atoms with van der Waals surface area (Å²) in [6.45, 7) is 0.876. The number of carbonyl (C=O) groups is 1. The van der Waals surface area contributed by atoms with Crippen LogP contribution in [0.15, 0.2) is 6.33 Å². The number of nitrogen functional groups attached to an aromatic ring is 1. The van der Waals surface area contributed by atoms with E-state index in [1.165, 1.54) is 11.2 Å². The van der Waals surface area contributed by atoms with E-state index in [1.54, 1.807) is 0 Å². The van der Waals surface area contributed by atoms with Gasteiger partial charge in [-0.25, -0.2) is 14.8 Å². The van der Waals surface area contributed by atoms with E-state index < -0.39 is 12.3 Å². The van der Waals surface area contributed by atoms with Crippen LogP contribution in [0.3, 0.4) is 0 Å². The van der Waals surface area contributed by atoms with E-state index in [4.69, 9.17) is 11.5 Å². The van der Waals surface area contributed by atoms with Crippen molar-refractivity contribution in [3.63, 3.8) is 0 Å². The highest BCUT2D eigenvalue weighted by molar-refractivity contribution is 5.94. The molecule has 0 aliphatic carbocycles. The van der Waals surface area contributed by atoms with Gasteiger partial charge in [-0.3, -0.25) is 4.90 Å². The maximum absolute atomic E-state index is 11.7. The molecule has 1 aliphatic rings.